The quantitative estimate of drug-likeness (QED) is 0.619. The maximum atomic E-state index is 12.3. The summed E-state index contributed by atoms with van der Waals surface area (Å²) in [4.78, 5) is 37.3. The van der Waals surface area contributed by atoms with Crippen molar-refractivity contribution in [2.75, 3.05) is 0 Å². The summed E-state index contributed by atoms with van der Waals surface area (Å²) in [6, 6.07) is 5.60. The molecule has 0 fully saturated rings. The van der Waals surface area contributed by atoms with E-state index in [0.717, 1.165) is 10.5 Å². The lowest BCUT2D eigenvalue weighted by atomic mass is 10.1. The number of rotatable bonds is 3. The molecular weight excluding hydrogens is 272 g/mol. The molecule has 21 heavy (non-hydrogen) atoms. The largest absolute Gasteiger partial charge is 0.446 e. The van der Waals surface area contributed by atoms with E-state index in [0.29, 0.717) is 0 Å². The first-order valence-corrected chi connectivity index (χ1v) is 6.45. The smallest absolute Gasteiger partial charge is 0.330 e. The molecule has 0 bridgehead atoms. The normalized spacial score (nSPS) is 16.2. The summed E-state index contributed by atoms with van der Waals surface area (Å²) in [5.41, 5.74) is 1.41. The Kier molecular flexibility index (Phi) is 3.76. The molecule has 0 aliphatic carbocycles. The maximum absolute atomic E-state index is 12.3. The molecule has 1 aliphatic rings. The summed E-state index contributed by atoms with van der Waals surface area (Å²) in [5, 5.41) is 8.63. The number of ether oxygens (including phenoxy) is 1. The molecule has 6 nitrogen and oxygen atoms in total. The first kappa shape index (κ1) is 14.7. The summed E-state index contributed by atoms with van der Waals surface area (Å²) >= 11 is 0. The Bertz CT molecular complexity index is 675. The number of carbonyl (C=O) groups excluding carboxylic acids is 3. The van der Waals surface area contributed by atoms with Crippen molar-refractivity contribution in [3.63, 3.8) is 0 Å². The van der Waals surface area contributed by atoms with E-state index in [9.17, 15) is 14.4 Å². The second-order valence-electron chi connectivity index (χ2n) is 4.91. The molecule has 0 saturated heterocycles. The highest BCUT2D eigenvalue weighted by Crippen LogP contribution is 2.26. The Morgan fingerprint density at radius 2 is 1.86 bits per heavy atom. The molecule has 108 valence electrons. The van der Waals surface area contributed by atoms with Crippen LogP contribution in [-0.4, -0.2) is 34.8 Å². The van der Waals surface area contributed by atoms with Crippen molar-refractivity contribution >= 4 is 17.8 Å². The van der Waals surface area contributed by atoms with Crippen LogP contribution in [-0.2, 0) is 9.53 Å². The third-order valence-corrected chi connectivity index (χ3v) is 3.28. The highest BCUT2D eigenvalue weighted by Gasteiger charge is 2.41. The monoisotopic (exact) mass is 286 g/mol. The van der Waals surface area contributed by atoms with Crippen molar-refractivity contribution in [2.45, 2.75) is 32.9 Å². The average molecular weight is 286 g/mol. The molecule has 2 rings (SSSR count). The van der Waals surface area contributed by atoms with Gasteiger partial charge in [0, 0.05) is 0 Å². The minimum absolute atomic E-state index is 0.276. The third kappa shape index (κ3) is 2.50. The summed E-state index contributed by atoms with van der Waals surface area (Å²) in [7, 11) is 0. The van der Waals surface area contributed by atoms with Gasteiger partial charge in [0.2, 0.25) is 0 Å². The Labute approximate surface area is 121 Å². The number of nitrogens with zero attached hydrogens (tertiary/aromatic N) is 2. The predicted molar refractivity (Wildman–Crippen MR) is 72.3 cm³/mol. The molecule has 0 N–H and O–H groups in total. The molecular formula is C15H14N2O4. The molecule has 0 saturated carbocycles. The summed E-state index contributed by atoms with van der Waals surface area (Å²) in [6.07, 6.45) is -0.933. The number of carbonyl (C=O) groups is 3. The fourth-order valence-corrected chi connectivity index (χ4v) is 2.13. The zero-order valence-corrected chi connectivity index (χ0v) is 11.9. The first-order valence-electron chi connectivity index (χ1n) is 6.45. The van der Waals surface area contributed by atoms with Crippen LogP contribution >= 0.6 is 0 Å². The highest BCUT2D eigenvalue weighted by atomic mass is 16.5. The zero-order chi connectivity index (χ0) is 15.7. The van der Waals surface area contributed by atoms with Crippen molar-refractivity contribution in [1.82, 2.24) is 4.90 Å². The molecule has 0 unspecified atom stereocenters. The van der Waals surface area contributed by atoms with E-state index in [4.69, 9.17) is 10.00 Å². The van der Waals surface area contributed by atoms with Crippen LogP contribution in [0.2, 0.25) is 0 Å². The molecule has 1 heterocycles. The van der Waals surface area contributed by atoms with Crippen LogP contribution in [0.4, 0.5) is 0 Å². The molecule has 0 radical (unpaired) electrons. The van der Waals surface area contributed by atoms with Gasteiger partial charge in [-0.3, -0.25) is 14.5 Å². The second-order valence-corrected chi connectivity index (χ2v) is 4.91. The van der Waals surface area contributed by atoms with Crippen LogP contribution in [0.25, 0.3) is 0 Å². The van der Waals surface area contributed by atoms with Crippen molar-refractivity contribution in [3.05, 3.63) is 34.9 Å². The van der Waals surface area contributed by atoms with Crippen LogP contribution < -0.4 is 0 Å². The lowest BCUT2D eigenvalue weighted by Crippen LogP contribution is -2.44. The minimum Gasteiger partial charge on any atom is -0.446 e. The van der Waals surface area contributed by atoms with Gasteiger partial charge in [-0.25, -0.2) is 4.79 Å². The molecule has 1 aliphatic heterocycles. The third-order valence-electron chi connectivity index (χ3n) is 3.28. The maximum Gasteiger partial charge on any atom is 0.330 e. The van der Waals surface area contributed by atoms with E-state index in [2.05, 4.69) is 0 Å². The van der Waals surface area contributed by atoms with Crippen molar-refractivity contribution < 1.29 is 19.1 Å². The number of hydrogen-bond donors (Lipinski definition) is 0. The topological polar surface area (TPSA) is 87.5 Å². The van der Waals surface area contributed by atoms with E-state index in [1.807, 2.05) is 6.92 Å². The van der Waals surface area contributed by atoms with Gasteiger partial charge in [0.1, 0.15) is 12.1 Å². The second kappa shape index (κ2) is 5.37. The van der Waals surface area contributed by atoms with Gasteiger partial charge in [-0.15, -0.1) is 0 Å². The first-order chi connectivity index (χ1) is 9.86. The molecule has 6 heteroatoms. The van der Waals surface area contributed by atoms with E-state index >= 15 is 0 Å². The van der Waals surface area contributed by atoms with Gasteiger partial charge in [0.25, 0.3) is 11.8 Å². The van der Waals surface area contributed by atoms with E-state index in [1.54, 1.807) is 24.3 Å². The average Bonchev–Trinajstić information content (AvgIpc) is 2.69. The van der Waals surface area contributed by atoms with E-state index in [-0.39, 0.29) is 11.1 Å². The number of esters is 1. The number of amides is 2. The van der Waals surface area contributed by atoms with Crippen molar-refractivity contribution in [1.29, 1.82) is 5.26 Å². The molecule has 1 aromatic rings. The molecule has 0 aromatic heterocycles. The highest BCUT2D eigenvalue weighted by molar-refractivity contribution is 6.22. The molecule has 2 amide bonds. The van der Waals surface area contributed by atoms with Crippen molar-refractivity contribution in [3.8, 4) is 6.07 Å². The summed E-state index contributed by atoms with van der Waals surface area (Å²) < 4.78 is 4.85. The minimum atomic E-state index is -1.08. The number of aryl methyl sites for hydroxylation is 1. The van der Waals surface area contributed by atoms with Crippen LogP contribution in [0.15, 0.2) is 18.2 Å². The van der Waals surface area contributed by atoms with Gasteiger partial charge in [-0.2, -0.15) is 5.26 Å². The van der Waals surface area contributed by atoms with Gasteiger partial charge >= 0.3 is 5.97 Å². The van der Waals surface area contributed by atoms with Gasteiger partial charge in [-0.1, -0.05) is 11.6 Å². The van der Waals surface area contributed by atoms with Crippen molar-refractivity contribution in [2.24, 2.45) is 0 Å². The van der Waals surface area contributed by atoms with Crippen LogP contribution in [0.1, 0.15) is 40.1 Å². The standard InChI is InChI=1S/C15H14N2O4/c1-8-4-5-11-12(6-8)14(19)17(13(11)18)10(3)15(20)21-9(2)7-16/h4-6,9-10H,1-3H3/t9-,10+/m0/s1. The Balaban J connectivity index is 2.27. The lowest BCUT2D eigenvalue weighted by Gasteiger charge is -2.21. The molecule has 1 aromatic carbocycles. The van der Waals surface area contributed by atoms with Crippen LogP contribution in [0.3, 0.4) is 0 Å². The summed E-state index contributed by atoms with van der Waals surface area (Å²) in [6.45, 7) is 4.63. The van der Waals surface area contributed by atoms with E-state index < -0.39 is 29.9 Å². The van der Waals surface area contributed by atoms with Gasteiger partial charge < -0.3 is 4.74 Å². The number of hydrogen-bond acceptors (Lipinski definition) is 5. The lowest BCUT2D eigenvalue weighted by molar-refractivity contribution is -0.150. The Morgan fingerprint density at radius 1 is 1.24 bits per heavy atom. The number of benzene rings is 1. The Hall–Kier alpha value is -2.68. The fourth-order valence-electron chi connectivity index (χ4n) is 2.13. The summed E-state index contributed by atoms with van der Waals surface area (Å²) in [5.74, 6) is -1.83. The molecule has 2 atom stereocenters. The predicted octanol–water partition coefficient (Wildman–Crippen LogP) is 1.43. The molecule has 0 spiro atoms. The number of fused-ring (bicyclic) bond motifs is 1. The van der Waals surface area contributed by atoms with Gasteiger partial charge in [0.15, 0.2) is 6.10 Å². The van der Waals surface area contributed by atoms with E-state index in [1.165, 1.54) is 13.8 Å². The SMILES string of the molecule is Cc1ccc2c(c1)C(=O)N([C@H](C)C(=O)O[C@@H](C)C#N)C2=O. The van der Waals surface area contributed by atoms with Crippen LogP contribution in [0, 0.1) is 18.3 Å². The van der Waals surface area contributed by atoms with Gasteiger partial charge in [-0.05, 0) is 32.9 Å². The van der Waals surface area contributed by atoms with Gasteiger partial charge in [0.05, 0.1) is 11.1 Å². The Morgan fingerprint density at radius 3 is 2.48 bits per heavy atom. The zero-order valence-electron chi connectivity index (χ0n) is 11.9. The number of nitriles is 1. The fraction of sp³-hybridized carbons (Fsp3) is 0.333. The number of imide groups is 1. The van der Waals surface area contributed by atoms with Crippen LogP contribution in [0.5, 0.6) is 0 Å².